The van der Waals surface area contributed by atoms with Crippen LogP contribution in [-0.4, -0.2) is 10.2 Å². The molecule has 0 aromatic heterocycles. The minimum atomic E-state index is -1.58. The van der Waals surface area contributed by atoms with E-state index in [1.54, 1.807) is 0 Å². The molecule has 0 fully saturated rings. The molecular weight excluding hydrogens is 1470 g/mol. The van der Waals surface area contributed by atoms with E-state index in [9.17, 15) is 10.2 Å². The van der Waals surface area contributed by atoms with Gasteiger partial charge < -0.3 is 10.2 Å². The molecule has 1 aliphatic rings. The first-order valence-electron chi connectivity index (χ1n) is 42.1. The van der Waals surface area contributed by atoms with Crippen LogP contribution in [-0.2, 0) is 11.2 Å². The van der Waals surface area contributed by atoms with Crippen molar-refractivity contribution in [2.75, 3.05) is 0 Å². The third-order valence-corrected chi connectivity index (χ3v) is 25.9. The summed E-state index contributed by atoms with van der Waals surface area (Å²) in [6.07, 6.45) is 0. The molecule has 0 radical (unpaired) electrons. The molecule has 0 heterocycles. The first-order valence-corrected chi connectivity index (χ1v) is 42.1. The lowest BCUT2D eigenvalue weighted by atomic mass is 9.63. The summed E-state index contributed by atoms with van der Waals surface area (Å²) in [4.78, 5) is 0. The third-order valence-electron chi connectivity index (χ3n) is 25.9. The van der Waals surface area contributed by atoms with Crippen LogP contribution >= 0.6 is 0 Å². The van der Waals surface area contributed by atoms with Gasteiger partial charge in [-0.15, -0.1) is 0 Å². The average Bonchev–Trinajstić information content (AvgIpc) is 0.685. The molecule has 122 heavy (non-hydrogen) atoms. The molecule has 24 rings (SSSR count). The summed E-state index contributed by atoms with van der Waals surface area (Å²) in [6, 6.07) is 165. The van der Waals surface area contributed by atoms with Gasteiger partial charge in [0.1, 0.15) is 11.2 Å². The van der Waals surface area contributed by atoms with Crippen LogP contribution < -0.4 is 0 Å². The summed E-state index contributed by atoms with van der Waals surface area (Å²) >= 11 is 0. The summed E-state index contributed by atoms with van der Waals surface area (Å²) in [7, 11) is 0. The minimum absolute atomic E-state index is 0.650. The van der Waals surface area contributed by atoms with Crippen molar-refractivity contribution in [3.8, 4) is 89.0 Å². The zero-order chi connectivity index (χ0) is 81.0. The highest BCUT2D eigenvalue weighted by molar-refractivity contribution is 6.25. The largest absolute Gasteiger partial charge is 0.376 e. The Morgan fingerprint density at radius 3 is 0.721 bits per heavy atom. The first-order chi connectivity index (χ1) is 60.3. The molecule has 0 bridgehead atoms. The van der Waals surface area contributed by atoms with Gasteiger partial charge in [0.15, 0.2) is 0 Å². The van der Waals surface area contributed by atoms with E-state index in [4.69, 9.17) is 0 Å². The van der Waals surface area contributed by atoms with E-state index in [1.165, 1.54) is 159 Å². The second-order valence-electron chi connectivity index (χ2n) is 32.6. The summed E-state index contributed by atoms with van der Waals surface area (Å²) in [5.41, 5.74) is 20.1. The summed E-state index contributed by atoms with van der Waals surface area (Å²) in [6.45, 7) is 0. The van der Waals surface area contributed by atoms with E-state index in [1.807, 2.05) is 66.7 Å². The normalized spacial score (nSPS) is 14.4. The van der Waals surface area contributed by atoms with E-state index in [0.29, 0.717) is 22.3 Å². The number of fused-ring (bicyclic) bond motifs is 12. The molecule has 2 heteroatoms. The molecule has 2 N–H and O–H groups in total. The Morgan fingerprint density at radius 1 is 0.123 bits per heavy atom. The summed E-state index contributed by atoms with van der Waals surface area (Å²) in [5, 5.41) is 51.3. The Morgan fingerprint density at radius 2 is 0.352 bits per heavy atom. The van der Waals surface area contributed by atoms with Gasteiger partial charge in [-0.25, -0.2) is 0 Å². The molecule has 23 aromatic rings. The van der Waals surface area contributed by atoms with Crippen molar-refractivity contribution < 1.29 is 10.2 Å². The van der Waals surface area contributed by atoms with Crippen LogP contribution in [0.5, 0.6) is 0 Å². The maximum atomic E-state index is 13.6. The number of rotatable bonds is 10. The van der Waals surface area contributed by atoms with Gasteiger partial charge in [-0.05, 0) is 267 Å². The molecule has 2 atom stereocenters. The number of benzene rings is 23. The maximum absolute atomic E-state index is 13.6. The van der Waals surface area contributed by atoms with Crippen molar-refractivity contribution in [2.24, 2.45) is 0 Å². The molecule has 0 amide bonds. The van der Waals surface area contributed by atoms with Crippen LogP contribution in [0.15, 0.2) is 461 Å². The van der Waals surface area contributed by atoms with E-state index in [-0.39, 0.29) is 0 Å². The lowest BCUT2D eigenvalue weighted by Gasteiger charge is -2.45. The number of hydrogen-bond acceptors (Lipinski definition) is 2. The van der Waals surface area contributed by atoms with Gasteiger partial charge in [0.25, 0.3) is 0 Å². The van der Waals surface area contributed by atoms with Gasteiger partial charge >= 0.3 is 0 Å². The average molecular weight is 1550 g/mol. The predicted octanol–water partition coefficient (Wildman–Crippen LogP) is 31.1. The zero-order valence-electron chi connectivity index (χ0n) is 66.8. The fraction of sp³-hybridized carbons (Fsp3) is 0.0167. The Balaban J connectivity index is 0.000000142. The lowest BCUT2D eigenvalue weighted by Crippen LogP contribution is -2.44. The fourth-order valence-corrected chi connectivity index (χ4v) is 20.2. The topological polar surface area (TPSA) is 40.5 Å². The lowest BCUT2D eigenvalue weighted by molar-refractivity contribution is 0.0750. The maximum Gasteiger partial charge on any atom is 0.141 e. The predicted molar refractivity (Wildman–Crippen MR) is 515 cm³/mol. The Bertz CT molecular complexity index is 8030. The van der Waals surface area contributed by atoms with Gasteiger partial charge in [0, 0.05) is 0 Å². The standard InChI is InChI=1S/C60H40O2.C60H38/c61-59(47-33-30-39-14-4-6-18-44(39)36-47)53-24-12-13-25-54(53)60(62,48-34-31-40-15-5-7-19-45(40)37-48)56-38-46(32-35-55(56)59)41-26-28-43(29-27-41)58-51-22-10-8-20-49(51)57(42-16-2-1-3-17-42)50-21-9-11-23-52(50)58;1-2-16-42(17-3-1)57-49-20-8-10-22-51(49)58(52-23-11-9-21-50(52)57)43-30-26-41(27-31-43)46-34-35-55-56(38-46)60(48-33-29-40-15-5-7-19-45(40)37-48)54-25-13-12-24-53(54)59(55)47-32-28-39-14-4-6-18-44(39)36-47/h1-38,61-62H;1-38H. The number of aliphatic hydroxyl groups is 2. The van der Waals surface area contributed by atoms with Crippen LogP contribution in [0.4, 0.5) is 0 Å². The van der Waals surface area contributed by atoms with E-state index in [2.05, 4.69) is 394 Å². The Kier molecular flexibility index (Phi) is 17.2. The Hall–Kier alpha value is -15.4. The Labute approximate surface area is 707 Å². The molecule has 570 valence electrons. The van der Waals surface area contributed by atoms with Crippen molar-refractivity contribution in [3.63, 3.8) is 0 Å². The van der Waals surface area contributed by atoms with Gasteiger partial charge in [-0.1, -0.05) is 425 Å². The molecular formula is C120H78O2. The third kappa shape index (κ3) is 11.8. The highest BCUT2D eigenvalue weighted by Gasteiger charge is 2.51. The summed E-state index contributed by atoms with van der Waals surface area (Å²) < 4.78 is 0. The van der Waals surface area contributed by atoms with Crippen molar-refractivity contribution in [1.29, 1.82) is 0 Å². The van der Waals surface area contributed by atoms with Gasteiger partial charge in [0.05, 0.1) is 0 Å². The summed E-state index contributed by atoms with van der Waals surface area (Å²) in [5.74, 6) is 0. The molecule has 0 saturated heterocycles. The molecule has 0 saturated carbocycles. The van der Waals surface area contributed by atoms with Crippen LogP contribution in [0.1, 0.15) is 33.4 Å². The first kappa shape index (κ1) is 71.9. The fourth-order valence-electron chi connectivity index (χ4n) is 20.2. The minimum Gasteiger partial charge on any atom is -0.376 e. The van der Waals surface area contributed by atoms with Crippen molar-refractivity contribution >= 4 is 108 Å². The van der Waals surface area contributed by atoms with Crippen LogP contribution in [0.25, 0.3) is 197 Å². The van der Waals surface area contributed by atoms with Crippen LogP contribution in [0.3, 0.4) is 0 Å². The molecule has 2 unspecified atom stereocenters. The van der Waals surface area contributed by atoms with Crippen molar-refractivity contribution in [1.82, 2.24) is 0 Å². The monoisotopic (exact) mass is 1550 g/mol. The quantitative estimate of drug-likeness (QED) is 0.134. The second-order valence-corrected chi connectivity index (χ2v) is 32.6. The van der Waals surface area contributed by atoms with Gasteiger partial charge in [-0.3, -0.25) is 0 Å². The van der Waals surface area contributed by atoms with Crippen LogP contribution in [0.2, 0.25) is 0 Å². The zero-order valence-corrected chi connectivity index (χ0v) is 66.8. The molecule has 0 aliphatic heterocycles. The molecule has 1 aliphatic carbocycles. The smallest absolute Gasteiger partial charge is 0.141 e. The number of hydrogen-bond donors (Lipinski definition) is 2. The SMILES string of the molecule is OC1(c2ccc3ccccc3c2)c2ccccc2C(O)(c2ccc3ccccc3c2)c2cc(-c3ccc(-c4c5ccccc5c(-c5ccccc5)c5ccccc45)cc3)ccc21.c1ccc(-c2c3ccccc3c(-c3ccc(-c4ccc5c(-c6ccc7ccccc7c6)c6ccccc6c(-c6ccc7ccccc7c6)c5c4)cc3)c3ccccc23)cc1. The van der Waals surface area contributed by atoms with Gasteiger partial charge in [0.2, 0.25) is 0 Å². The molecule has 23 aromatic carbocycles. The molecule has 0 spiro atoms. The van der Waals surface area contributed by atoms with E-state index >= 15 is 0 Å². The van der Waals surface area contributed by atoms with Crippen molar-refractivity contribution in [2.45, 2.75) is 11.2 Å². The molecule has 2 nitrogen and oxygen atoms in total. The second kappa shape index (κ2) is 29.3. The highest BCUT2D eigenvalue weighted by atomic mass is 16.3. The highest BCUT2D eigenvalue weighted by Crippen LogP contribution is 2.56. The van der Waals surface area contributed by atoms with E-state index < -0.39 is 11.2 Å². The van der Waals surface area contributed by atoms with E-state index in [0.717, 1.165) is 49.4 Å². The van der Waals surface area contributed by atoms with Crippen molar-refractivity contribution in [3.05, 3.63) is 494 Å². The van der Waals surface area contributed by atoms with Crippen LogP contribution in [0, 0.1) is 0 Å². The van der Waals surface area contributed by atoms with Gasteiger partial charge in [-0.2, -0.15) is 0 Å².